The average molecular weight is 252 g/mol. The normalized spacial score (nSPS) is 19.5. The first-order valence-corrected chi connectivity index (χ1v) is 5.84. The molecule has 0 aliphatic carbocycles. The van der Waals surface area contributed by atoms with Gasteiger partial charge in [0.05, 0.1) is 5.69 Å². The van der Waals surface area contributed by atoms with Crippen LogP contribution in [0.3, 0.4) is 0 Å². The molecule has 0 fully saturated rings. The van der Waals surface area contributed by atoms with Crippen molar-refractivity contribution in [1.82, 2.24) is 0 Å². The summed E-state index contributed by atoms with van der Waals surface area (Å²) in [7, 11) is 0. The SMILES string of the molecule is CC1Oc2ccc(F)cc2N(CC(C)(C)N)C1=O. The van der Waals surface area contributed by atoms with Crippen molar-refractivity contribution in [2.45, 2.75) is 32.4 Å². The standard InChI is InChI=1S/C13H17FN2O2/c1-8-12(17)16(7-13(2,3)15)10-6-9(14)4-5-11(10)18-8/h4-6,8H,7,15H2,1-3H3. The third-order valence-corrected chi connectivity index (χ3v) is 2.69. The van der Waals surface area contributed by atoms with Gasteiger partial charge in [-0.05, 0) is 32.9 Å². The van der Waals surface area contributed by atoms with Gasteiger partial charge in [0.25, 0.3) is 5.91 Å². The Kier molecular flexibility index (Phi) is 3.02. The number of ether oxygens (including phenoxy) is 1. The van der Waals surface area contributed by atoms with Gasteiger partial charge in [0, 0.05) is 18.2 Å². The van der Waals surface area contributed by atoms with Crippen molar-refractivity contribution in [1.29, 1.82) is 0 Å². The minimum absolute atomic E-state index is 0.202. The molecule has 18 heavy (non-hydrogen) atoms. The molecule has 1 unspecified atom stereocenters. The van der Waals surface area contributed by atoms with Crippen LogP contribution in [0, 0.1) is 5.82 Å². The van der Waals surface area contributed by atoms with Crippen molar-refractivity contribution in [2.24, 2.45) is 5.73 Å². The summed E-state index contributed by atoms with van der Waals surface area (Å²) in [5.74, 6) is -0.0982. The van der Waals surface area contributed by atoms with E-state index in [1.54, 1.807) is 6.92 Å². The van der Waals surface area contributed by atoms with Crippen LogP contribution >= 0.6 is 0 Å². The maximum atomic E-state index is 13.3. The summed E-state index contributed by atoms with van der Waals surface area (Å²) in [4.78, 5) is 13.6. The second-order valence-electron chi connectivity index (χ2n) is 5.29. The summed E-state index contributed by atoms with van der Waals surface area (Å²) >= 11 is 0. The number of carbonyl (C=O) groups excluding carboxylic acids is 1. The summed E-state index contributed by atoms with van der Waals surface area (Å²) in [5, 5.41) is 0. The van der Waals surface area contributed by atoms with Gasteiger partial charge < -0.3 is 15.4 Å². The highest BCUT2D eigenvalue weighted by atomic mass is 19.1. The van der Waals surface area contributed by atoms with Gasteiger partial charge in [0.15, 0.2) is 6.10 Å². The van der Waals surface area contributed by atoms with E-state index in [-0.39, 0.29) is 5.91 Å². The Bertz CT molecular complexity index is 482. The van der Waals surface area contributed by atoms with Crippen LogP contribution in [0.5, 0.6) is 5.75 Å². The molecule has 5 heteroatoms. The monoisotopic (exact) mass is 252 g/mol. The van der Waals surface area contributed by atoms with Gasteiger partial charge >= 0.3 is 0 Å². The predicted octanol–water partition coefficient (Wildman–Crippen LogP) is 1.68. The fourth-order valence-electron chi connectivity index (χ4n) is 1.95. The molecule has 2 N–H and O–H groups in total. The van der Waals surface area contributed by atoms with Crippen LogP contribution in [0.2, 0.25) is 0 Å². The Morgan fingerprint density at radius 3 is 2.78 bits per heavy atom. The number of nitrogens with two attached hydrogens (primary N) is 1. The summed E-state index contributed by atoms with van der Waals surface area (Å²) in [6.45, 7) is 5.62. The van der Waals surface area contributed by atoms with Crippen molar-refractivity contribution in [3.8, 4) is 5.75 Å². The van der Waals surface area contributed by atoms with E-state index < -0.39 is 17.5 Å². The van der Waals surface area contributed by atoms with E-state index in [1.165, 1.54) is 23.1 Å². The van der Waals surface area contributed by atoms with Gasteiger partial charge in [0.2, 0.25) is 0 Å². The number of benzene rings is 1. The van der Waals surface area contributed by atoms with E-state index in [0.717, 1.165) is 0 Å². The number of anilines is 1. The minimum atomic E-state index is -0.578. The van der Waals surface area contributed by atoms with E-state index in [1.807, 2.05) is 13.8 Å². The van der Waals surface area contributed by atoms with Crippen LogP contribution in [0.15, 0.2) is 18.2 Å². The van der Waals surface area contributed by atoms with E-state index in [0.29, 0.717) is 18.0 Å². The molecule has 1 aromatic carbocycles. The largest absolute Gasteiger partial charge is 0.479 e. The Morgan fingerprint density at radius 1 is 1.50 bits per heavy atom. The summed E-state index contributed by atoms with van der Waals surface area (Å²) in [5.41, 5.74) is 5.82. The molecular formula is C13H17FN2O2. The molecule has 1 aliphatic rings. The first kappa shape index (κ1) is 12.8. The van der Waals surface area contributed by atoms with Crippen molar-refractivity contribution in [3.05, 3.63) is 24.0 Å². The van der Waals surface area contributed by atoms with Gasteiger partial charge in [0.1, 0.15) is 11.6 Å². The lowest BCUT2D eigenvalue weighted by atomic mass is 10.0. The zero-order valence-corrected chi connectivity index (χ0v) is 10.7. The van der Waals surface area contributed by atoms with Crippen LogP contribution in [0.4, 0.5) is 10.1 Å². The van der Waals surface area contributed by atoms with Crippen molar-refractivity contribution >= 4 is 11.6 Å². The van der Waals surface area contributed by atoms with E-state index in [4.69, 9.17) is 10.5 Å². The fourth-order valence-corrected chi connectivity index (χ4v) is 1.95. The number of nitrogens with zero attached hydrogens (tertiary/aromatic N) is 1. The number of amides is 1. The summed E-state index contributed by atoms with van der Waals surface area (Å²) < 4.78 is 18.7. The predicted molar refractivity (Wildman–Crippen MR) is 67.1 cm³/mol. The van der Waals surface area contributed by atoms with Gasteiger partial charge in [-0.15, -0.1) is 0 Å². The zero-order valence-electron chi connectivity index (χ0n) is 10.7. The molecule has 1 aliphatic heterocycles. The maximum Gasteiger partial charge on any atom is 0.267 e. The van der Waals surface area contributed by atoms with Gasteiger partial charge in [-0.25, -0.2) is 4.39 Å². The zero-order chi connectivity index (χ0) is 13.5. The molecule has 2 rings (SSSR count). The average Bonchev–Trinajstić information content (AvgIpc) is 2.24. The van der Waals surface area contributed by atoms with Crippen molar-refractivity contribution in [3.63, 3.8) is 0 Å². The number of rotatable bonds is 2. The van der Waals surface area contributed by atoms with E-state index in [2.05, 4.69) is 0 Å². The Morgan fingerprint density at radius 2 is 2.17 bits per heavy atom. The molecule has 1 atom stereocenters. The van der Waals surface area contributed by atoms with Crippen LogP contribution in [0.25, 0.3) is 0 Å². The highest BCUT2D eigenvalue weighted by molar-refractivity contribution is 5.99. The number of hydrogen-bond donors (Lipinski definition) is 1. The van der Waals surface area contributed by atoms with Gasteiger partial charge in [-0.3, -0.25) is 4.79 Å². The number of fused-ring (bicyclic) bond motifs is 1. The third-order valence-electron chi connectivity index (χ3n) is 2.69. The maximum absolute atomic E-state index is 13.3. The molecule has 1 aromatic rings. The summed E-state index contributed by atoms with van der Waals surface area (Å²) in [6.07, 6.45) is -0.578. The smallest absolute Gasteiger partial charge is 0.267 e. The number of hydrogen-bond acceptors (Lipinski definition) is 3. The van der Waals surface area contributed by atoms with Gasteiger partial charge in [-0.2, -0.15) is 0 Å². The van der Waals surface area contributed by atoms with Crippen LogP contribution in [0.1, 0.15) is 20.8 Å². The molecule has 0 saturated carbocycles. The molecule has 0 saturated heterocycles. The molecular weight excluding hydrogens is 235 g/mol. The molecule has 1 amide bonds. The summed E-state index contributed by atoms with van der Waals surface area (Å²) in [6, 6.07) is 4.14. The molecule has 4 nitrogen and oxygen atoms in total. The number of carbonyl (C=O) groups is 1. The first-order valence-electron chi connectivity index (χ1n) is 5.84. The quantitative estimate of drug-likeness (QED) is 0.871. The molecule has 1 heterocycles. The van der Waals surface area contributed by atoms with Gasteiger partial charge in [-0.1, -0.05) is 0 Å². The molecule has 98 valence electrons. The Hall–Kier alpha value is -1.62. The molecule has 0 radical (unpaired) electrons. The Balaban J connectivity index is 2.44. The minimum Gasteiger partial charge on any atom is -0.479 e. The molecule has 0 aromatic heterocycles. The van der Waals surface area contributed by atoms with Crippen LogP contribution < -0.4 is 15.4 Å². The van der Waals surface area contributed by atoms with Crippen LogP contribution in [-0.4, -0.2) is 24.1 Å². The highest BCUT2D eigenvalue weighted by Crippen LogP contribution is 2.35. The highest BCUT2D eigenvalue weighted by Gasteiger charge is 2.34. The lowest BCUT2D eigenvalue weighted by molar-refractivity contribution is -0.125. The first-order chi connectivity index (χ1) is 8.28. The second-order valence-corrected chi connectivity index (χ2v) is 5.29. The van der Waals surface area contributed by atoms with Crippen LogP contribution in [-0.2, 0) is 4.79 Å². The lowest BCUT2D eigenvalue weighted by Crippen LogP contribution is -2.53. The van der Waals surface area contributed by atoms with E-state index in [9.17, 15) is 9.18 Å². The topological polar surface area (TPSA) is 55.6 Å². The Labute approximate surface area is 106 Å². The fraction of sp³-hybridized carbons (Fsp3) is 0.462. The van der Waals surface area contributed by atoms with Crippen molar-refractivity contribution in [2.75, 3.05) is 11.4 Å². The lowest BCUT2D eigenvalue weighted by Gasteiger charge is -2.36. The second kappa shape index (κ2) is 4.24. The molecule has 0 bridgehead atoms. The third kappa shape index (κ3) is 2.46. The van der Waals surface area contributed by atoms with Crippen molar-refractivity contribution < 1.29 is 13.9 Å². The molecule has 0 spiro atoms. The number of halogens is 1. The van der Waals surface area contributed by atoms with E-state index >= 15 is 0 Å².